The van der Waals surface area contributed by atoms with E-state index < -0.39 is 0 Å². The molecule has 4 heteroatoms. The number of carbonyl (C=O) groups excluding carboxylic acids is 1. The molecule has 4 nitrogen and oxygen atoms in total. The highest BCUT2D eigenvalue weighted by atomic mass is 16.1. The van der Waals surface area contributed by atoms with E-state index in [9.17, 15) is 4.79 Å². The van der Waals surface area contributed by atoms with Gasteiger partial charge in [-0.15, -0.1) is 0 Å². The van der Waals surface area contributed by atoms with Gasteiger partial charge in [0.15, 0.2) is 0 Å². The second kappa shape index (κ2) is 6.02. The third-order valence-corrected chi connectivity index (χ3v) is 5.84. The van der Waals surface area contributed by atoms with E-state index in [-0.39, 0.29) is 11.3 Å². The number of amides is 1. The third kappa shape index (κ3) is 2.86. The summed E-state index contributed by atoms with van der Waals surface area (Å²) in [5, 5.41) is 3.32. The minimum Gasteiger partial charge on any atom is -0.352 e. The predicted molar refractivity (Wildman–Crippen MR) is 80.3 cm³/mol. The Bertz CT molecular complexity index is 352. The minimum atomic E-state index is 0.0936. The van der Waals surface area contributed by atoms with E-state index in [4.69, 9.17) is 5.73 Å². The Kier molecular flexibility index (Phi) is 4.32. The Morgan fingerprint density at radius 1 is 1.15 bits per heavy atom. The Morgan fingerprint density at radius 2 is 1.95 bits per heavy atom. The third-order valence-electron chi connectivity index (χ3n) is 5.84. The average molecular weight is 279 g/mol. The first-order valence-electron chi connectivity index (χ1n) is 8.46. The van der Waals surface area contributed by atoms with E-state index in [1.807, 2.05) is 0 Å². The number of fused-ring (bicyclic) bond motifs is 1. The summed E-state index contributed by atoms with van der Waals surface area (Å²) in [6, 6.07) is 1.00. The maximum absolute atomic E-state index is 12.4. The molecule has 0 aromatic carbocycles. The number of nitrogens with two attached hydrogens (primary N) is 1. The fourth-order valence-corrected chi connectivity index (χ4v) is 4.60. The highest BCUT2D eigenvalue weighted by molar-refractivity contribution is 5.77. The predicted octanol–water partition coefficient (Wildman–Crippen LogP) is 1.64. The number of carbonyl (C=O) groups is 1. The maximum atomic E-state index is 12.4. The zero-order chi connectivity index (χ0) is 14.0. The molecule has 3 fully saturated rings. The number of nitrogens with zero attached hydrogens (tertiary/aromatic N) is 1. The number of rotatable bonds is 4. The molecule has 2 heterocycles. The molecule has 3 rings (SSSR count). The van der Waals surface area contributed by atoms with Crippen LogP contribution in [0.15, 0.2) is 0 Å². The van der Waals surface area contributed by atoms with E-state index in [1.165, 1.54) is 38.6 Å². The average Bonchev–Trinajstić information content (AvgIpc) is 3.05. The molecule has 3 aliphatic rings. The highest BCUT2D eigenvalue weighted by Crippen LogP contribution is 2.38. The Labute approximate surface area is 122 Å². The second-order valence-electron chi connectivity index (χ2n) is 7.15. The van der Waals surface area contributed by atoms with Crippen LogP contribution in [0.4, 0.5) is 0 Å². The molecule has 2 atom stereocenters. The van der Waals surface area contributed by atoms with Gasteiger partial charge in [0.05, 0.1) is 0 Å². The van der Waals surface area contributed by atoms with E-state index in [1.54, 1.807) is 0 Å². The highest BCUT2D eigenvalue weighted by Gasteiger charge is 2.39. The topological polar surface area (TPSA) is 58.4 Å². The van der Waals surface area contributed by atoms with Crippen molar-refractivity contribution in [3.63, 3.8) is 0 Å². The van der Waals surface area contributed by atoms with Crippen molar-refractivity contribution in [2.45, 2.75) is 69.9 Å². The molecule has 2 saturated heterocycles. The lowest BCUT2D eigenvalue weighted by Gasteiger charge is -2.36. The molecule has 0 bridgehead atoms. The molecule has 0 aromatic heterocycles. The minimum absolute atomic E-state index is 0.0936. The molecular formula is C16H29N3O. The van der Waals surface area contributed by atoms with Gasteiger partial charge < -0.3 is 11.1 Å². The standard InChI is InChI=1S/C16H29N3O/c17-12-16(7-2-1-3-8-16)11-15(20)18-13-6-10-19-9-4-5-14(13)19/h13-14H,1-12,17H2,(H,18,20). The SMILES string of the molecule is NCC1(CC(=O)NC2CCN3CCCC23)CCCCC1. The van der Waals surface area contributed by atoms with Crippen molar-refractivity contribution in [3.8, 4) is 0 Å². The van der Waals surface area contributed by atoms with Crippen molar-refractivity contribution in [1.29, 1.82) is 0 Å². The summed E-state index contributed by atoms with van der Waals surface area (Å²) in [6.45, 7) is 3.06. The number of hydrogen-bond donors (Lipinski definition) is 2. The van der Waals surface area contributed by atoms with Gasteiger partial charge in [0.2, 0.25) is 5.91 Å². The maximum Gasteiger partial charge on any atom is 0.220 e. The summed E-state index contributed by atoms with van der Waals surface area (Å²) in [6.07, 6.45) is 10.4. The van der Waals surface area contributed by atoms with Crippen molar-refractivity contribution < 1.29 is 4.79 Å². The number of hydrogen-bond acceptors (Lipinski definition) is 3. The molecule has 1 saturated carbocycles. The summed E-state index contributed by atoms with van der Waals surface area (Å²) in [4.78, 5) is 15.0. The van der Waals surface area contributed by atoms with Gasteiger partial charge in [-0.05, 0) is 50.6 Å². The first-order valence-corrected chi connectivity index (χ1v) is 8.46. The molecule has 2 aliphatic heterocycles. The van der Waals surface area contributed by atoms with Gasteiger partial charge in [-0.1, -0.05) is 19.3 Å². The van der Waals surface area contributed by atoms with Crippen molar-refractivity contribution in [1.82, 2.24) is 10.2 Å². The smallest absolute Gasteiger partial charge is 0.220 e. The van der Waals surface area contributed by atoms with Crippen LogP contribution in [0.3, 0.4) is 0 Å². The van der Waals surface area contributed by atoms with Crippen LogP contribution in [-0.2, 0) is 4.79 Å². The Hall–Kier alpha value is -0.610. The number of nitrogens with one attached hydrogen (secondary N) is 1. The lowest BCUT2D eigenvalue weighted by atomic mass is 9.71. The first-order chi connectivity index (χ1) is 9.72. The fraction of sp³-hybridized carbons (Fsp3) is 0.938. The normalized spacial score (nSPS) is 33.0. The van der Waals surface area contributed by atoms with Crippen LogP contribution in [0, 0.1) is 5.41 Å². The molecular weight excluding hydrogens is 250 g/mol. The van der Waals surface area contributed by atoms with Gasteiger partial charge in [0, 0.05) is 25.0 Å². The van der Waals surface area contributed by atoms with E-state index in [2.05, 4.69) is 10.2 Å². The van der Waals surface area contributed by atoms with Crippen LogP contribution in [0.2, 0.25) is 0 Å². The van der Waals surface area contributed by atoms with Crippen LogP contribution < -0.4 is 11.1 Å². The molecule has 114 valence electrons. The van der Waals surface area contributed by atoms with E-state index in [0.717, 1.165) is 25.8 Å². The second-order valence-corrected chi connectivity index (χ2v) is 7.15. The summed E-state index contributed by atoms with van der Waals surface area (Å²) >= 11 is 0. The van der Waals surface area contributed by atoms with Gasteiger partial charge in [-0.3, -0.25) is 9.69 Å². The van der Waals surface area contributed by atoms with Crippen LogP contribution in [0.25, 0.3) is 0 Å². The molecule has 1 aliphatic carbocycles. The van der Waals surface area contributed by atoms with Gasteiger partial charge >= 0.3 is 0 Å². The molecule has 1 amide bonds. The molecule has 0 spiro atoms. The lowest BCUT2D eigenvalue weighted by Crippen LogP contribution is -2.45. The summed E-state index contributed by atoms with van der Waals surface area (Å²) < 4.78 is 0. The molecule has 20 heavy (non-hydrogen) atoms. The van der Waals surface area contributed by atoms with Crippen LogP contribution in [0.1, 0.15) is 57.8 Å². The summed E-state index contributed by atoms with van der Waals surface area (Å²) in [5.74, 6) is 0.246. The van der Waals surface area contributed by atoms with Gasteiger partial charge in [-0.25, -0.2) is 0 Å². The largest absolute Gasteiger partial charge is 0.352 e. The van der Waals surface area contributed by atoms with Crippen LogP contribution >= 0.6 is 0 Å². The van der Waals surface area contributed by atoms with Crippen LogP contribution in [0.5, 0.6) is 0 Å². The van der Waals surface area contributed by atoms with E-state index >= 15 is 0 Å². The first kappa shape index (κ1) is 14.3. The van der Waals surface area contributed by atoms with Crippen molar-refractivity contribution in [2.24, 2.45) is 11.1 Å². The monoisotopic (exact) mass is 279 g/mol. The lowest BCUT2D eigenvalue weighted by molar-refractivity contribution is -0.124. The van der Waals surface area contributed by atoms with Crippen molar-refractivity contribution >= 4 is 5.91 Å². The van der Waals surface area contributed by atoms with Gasteiger partial charge in [0.1, 0.15) is 0 Å². The van der Waals surface area contributed by atoms with E-state index in [0.29, 0.717) is 25.0 Å². The summed E-state index contributed by atoms with van der Waals surface area (Å²) in [7, 11) is 0. The molecule has 0 radical (unpaired) electrons. The molecule has 2 unspecified atom stereocenters. The fourth-order valence-electron chi connectivity index (χ4n) is 4.60. The zero-order valence-corrected chi connectivity index (χ0v) is 12.6. The van der Waals surface area contributed by atoms with Crippen molar-refractivity contribution in [3.05, 3.63) is 0 Å². The van der Waals surface area contributed by atoms with Gasteiger partial charge in [0.25, 0.3) is 0 Å². The quantitative estimate of drug-likeness (QED) is 0.822. The molecule has 0 aromatic rings. The van der Waals surface area contributed by atoms with Crippen molar-refractivity contribution in [2.75, 3.05) is 19.6 Å². The zero-order valence-electron chi connectivity index (χ0n) is 12.6. The summed E-state index contributed by atoms with van der Waals surface area (Å²) in [5.41, 5.74) is 6.09. The van der Waals surface area contributed by atoms with Gasteiger partial charge in [-0.2, -0.15) is 0 Å². The Balaban J connectivity index is 1.54. The Morgan fingerprint density at radius 3 is 2.70 bits per heavy atom. The molecule has 3 N–H and O–H groups in total. The van der Waals surface area contributed by atoms with Crippen LogP contribution in [-0.4, -0.2) is 42.5 Å².